The van der Waals surface area contributed by atoms with Gasteiger partial charge in [-0.3, -0.25) is 4.79 Å². The van der Waals surface area contributed by atoms with Gasteiger partial charge in [-0.2, -0.15) is 0 Å². The van der Waals surface area contributed by atoms with Gasteiger partial charge in [0.1, 0.15) is 0 Å². The van der Waals surface area contributed by atoms with Gasteiger partial charge in [0, 0.05) is 25.6 Å². The summed E-state index contributed by atoms with van der Waals surface area (Å²) in [6.07, 6.45) is 9.49. The number of anilines is 1. The highest BCUT2D eigenvalue weighted by molar-refractivity contribution is 5.79. The van der Waals surface area contributed by atoms with E-state index in [1.54, 1.807) is 0 Å². The number of hydrogen-bond donors (Lipinski definition) is 1. The van der Waals surface area contributed by atoms with E-state index in [4.69, 9.17) is 4.74 Å². The number of ether oxygens (including phenoxy) is 1. The fraction of sp³-hybridized carbons (Fsp3) is 0.762. The van der Waals surface area contributed by atoms with Gasteiger partial charge in [-0.05, 0) is 50.4 Å². The Morgan fingerprint density at radius 1 is 1.21 bits per heavy atom. The molecule has 0 bridgehead atoms. The number of nitrogens with one attached hydrogen (secondary N) is 1. The van der Waals surface area contributed by atoms with Crippen LogP contribution in [-0.4, -0.2) is 52.6 Å². The minimum Gasteiger partial charge on any atom is -0.376 e. The van der Waals surface area contributed by atoms with Gasteiger partial charge in [0.05, 0.1) is 24.5 Å². The van der Waals surface area contributed by atoms with Crippen LogP contribution < -0.4 is 5.32 Å². The molecule has 3 aliphatic rings. The van der Waals surface area contributed by atoms with Crippen molar-refractivity contribution >= 4 is 11.9 Å². The van der Waals surface area contributed by atoms with Crippen molar-refractivity contribution in [3.8, 4) is 0 Å². The Morgan fingerprint density at radius 3 is 2.61 bits per heavy atom. The second kappa shape index (κ2) is 8.72. The smallest absolute Gasteiger partial charge is 0.225 e. The largest absolute Gasteiger partial charge is 0.376 e. The number of halogens is 1. The van der Waals surface area contributed by atoms with Gasteiger partial charge in [-0.1, -0.05) is 13.3 Å². The molecule has 0 aromatic carbocycles. The van der Waals surface area contributed by atoms with Crippen molar-refractivity contribution < 1.29 is 13.9 Å². The maximum Gasteiger partial charge on any atom is 0.225 e. The van der Waals surface area contributed by atoms with Gasteiger partial charge < -0.3 is 15.0 Å². The molecular formula is C21H31FN4O2. The van der Waals surface area contributed by atoms with Crippen molar-refractivity contribution in [3.05, 3.63) is 18.2 Å². The van der Waals surface area contributed by atoms with Crippen molar-refractivity contribution in [2.45, 2.75) is 64.0 Å². The average Bonchev–Trinajstić information content (AvgIpc) is 3.30. The molecule has 0 radical (unpaired) electrons. The Labute approximate surface area is 166 Å². The number of rotatable bonds is 6. The number of nitrogens with zero attached hydrogens (tertiary/aromatic N) is 3. The Kier molecular flexibility index (Phi) is 6.09. The molecule has 154 valence electrons. The van der Waals surface area contributed by atoms with Crippen LogP contribution in [0.25, 0.3) is 0 Å². The second-order valence-corrected chi connectivity index (χ2v) is 8.59. The highest BCUT2D eigenvalue weighted by Crippen LogP contribution is 2.39. The van der Waals surface area contributed by atoms with Gasteiger partial charge in [-0.25, -0.2) is 14.4 Å². The van der Waals surface area contributed by atoms with Crippen molar-refractivity contribution in [2.24, 2.45) is 17.8 Å². The number of carbonyl (C=O) groups excluding carboxylic acids is 1. The van der Waals surface area contributed by atoms with Crippen molar-refractivity contribution in [1.82, 2.24) is 14.9 Å². The molecule has 2 aliphatic carbocycles. The summed E-state index contributed by atoms with van der Waals surface area (Å²) in [5, 5.41) is 3.29. The van der Waals surface area contributed by atoms with E-state index in [2.05, 4.69) is 27.1 Å². The third kappa shape index (κ3) is 4.29. The normalized spacial score (nSPS) is 32.4. The molecule has 0 spiro atoms. The maximum atomic E-state index is 13.1. The predicted octanol–water partition coefficient (Wildman–Crippen LogP) is 3.25. The third-order valence-corrected chi connectivity index (χ3v) is 6.65. The number of aromatic nitrogens is 2. The van der Waals surface area contributed by atoms with Crippen LogP contribution >= 0.6 is 0 Å². The molecular weight excluding hydrogens is 359 g/mol. The van der Waals surface area contributed by atoms with Gasteiger partial charge in [0.25, 0.3) is 0 Å². The predicted molar refractivity (Wildman–Crippen MR) is 104 cm³/mol. The lowest BCUT2D eigenvalue weighted by atomic mass is 9.83. The summed E-state index contributed by atoms with van der Waals surface area (Å²) >= 11 is 0. The van der Waals surface area contributed by atoms with E-state index in [1.807, 2.05) is 0 Å². The summed E-state index contributed by atoms with van der Waals surface area (Å²) in [6.45, 7) is 4.65. The first kappa shape index (κ1) is 19.6. The van der Waals surface area contributed by atoms with Crippen LogP contribution in [0.3, 0.4) is 0 Å². The molecule has 2 saturated carbocycles. The van der Waals surface area contributed by atoms with Crippen LogP contribution in [0.15, 0.2) is 12.4 Å². The van der Waals surface area contributed by atoms with Crippen molar-refractivity contribution in [2.75, 3.05) is 25.0 Å². The molecule has 1 N–H and O–H groups in total. The summed E-state index contributed by atoms with van der Waals surface area (Å²) < 4.78 is 19.2. The first-order chi connectivity index (χ1) is 13.6. The van der Waals surface area contributed by atoms with E-state index in [9.17, 15) is 9.18 Å². The summed E-state index contributed by atoms with van der Waals surface area (Å²) in [5.41, 5.74) is 0. The van der Waals surface area contributed by atoms with Gasteiger partial charge in [0.15, 0.2) is 5.82 Å². The van der Waals surface area contributed by atoms with E-state index >= 15 is 0 Å². The number of hydrogen-bond acceptors (Lipinski definition) is 5. The van der Waals surface area contributed by atoms with Gasteiger partial charge >= 0.3 is 0 Å². The van der Waals surface area contributed by atoms with Crippen LogP contribution in [0.4, 0.5) is 10.3 Å². The number of fused-ring (bicyclic) bond motifs is 1. The third-order valence-electron chi connectivity index (χ3n) is 6.65. The quantitative estimate of drug-likeness (QED) is 0.808. The molecule has 0 unspecified atom stereocenters. The molecule has 1 amide bonds. The SMILES string of the molecule is CCCO[C@@H]1C[C@@H](C(=O)N2C[C@H]3CCC[C@H]3C2)CC[C@H]1Nc1ncc(F)cn1. The number of amides is 1. The molecule has 1 saturated heterocycles. The van der Waals surface area contributed by atoms with Crippen molar-refractivity contribution in [1.29, 1.82) is 0 Å². The molecule has 28 heavy (non-hydrogen) atoms. The Bertz CT molecular complexity index is 659. The molecule has 1 aromatic rings. The topological polar surface area (TPSA) is 67.3 Å². The summed E-state index contributed by atoms with van der Waals surface area (Å²) in [4.78, 5) is 23.3. The first-order valence-corrected chi connectivity index (χ1v) is 10.8. The van der Waals surface area contributed by atoms with Crippen molar-refractivity contribution in [3.63, 3.8) is 0 Å². The molecule has 5 atom stereocenters. The van der Waals surface area contributed by atoms with Crippen LogP contribution in [0.1, 0.15) is 51.9 Å². The fourth-order valence-electron chi connectivity index (χ4n) is 5.20. The van der Waals surface area contributed by atoms with Gasteiger partial charge in [0.2, 0.25) is 11.9 Å². The fourth-order valence-corrected chi connectivity index (χ4v) is 5.20. The number of carbonyl (C=O) groups is 1. The summed E-state index contributed by atoms with van der Waals surface area (Å²) in [7, 11) is 0. The zero-order valence-electron chi connectivity index (χ0n) is 16.6. The van der Waals surface area contributed by atoms with Crippen LogP contribution in [0.5, 0.6) is 0 Å². The van der Waals surface area contributed by atoms with Crippen LogP contribution in [0.2, 0.25) is 0 Å². The molecule has 1 aliphatic heterocycles. The lowest BCUT2D eigenvalue weighted by Crippen LogP contribution is -2.46. The summed E-state index contributed by atoms with van der Waals surface area (Å²) in [6, 6.07) is 0.0408. The Balaban J connectivity index is 1.37. The minimum absolute atomic E-state index is 0.0351. The van der Waals surface area contributed by atoms with E-state index in [0.29, 0.717) is 18.5 Å². The zero-order chi connectivity index (χ0) is 19.5. The monoisotopic (exact) mass is 390 g/mol. The number of likely N-dealkylation sites (tertiary alicyclic amines) is 1. The molecule has 4 rings (SSSR count). The average molecular weight is 391 g/mol. The lowest BCUT2D eigenvalue weighted by molar-refractivity contribution is -0.138. The molecule has 7 heteroatoms. The van der Waals surface area contributed by atoms with Gasteiger partial charge in [-0.15, -0.1) is 0 Å². The lowest BCUT2D eigenvalue weighted by Gasteiger charge is -2.37. The Morgan fingerprint density at radius 2 is 1.93 bits per heavy atom. The highest BCUT2D eigenvalue weighted by atomic mass is 19.1. The molecule has 1 aromatic heterocycles. The minimum atomic E-state index is -0.450. The zero-order valence-corrected chi connectivity index (χ0v) is 16.6. The second-order valence-electron chi connectivity index (χ2n) is 8.59. The van der Waals surface area contributed by atoms with E-state index in [0.717, 1.165) is 63.0 Å². The standard InChI is InChI=1S/C21H31FN4O2/c1-2-8-28-19-9-14(20(27)26-12-15-4-3-5-16(15)13-26)6-7-18(19)25-21-23-10-17(22)11-24-21/h10-11,14-16,18-19H,2-9,12-13H2,1H3,(H,23,24,25)/t14-,15-,16+,18+,19+/m0/s1. The maximum absolute atomic E-state index is 13.1. The van der Waals surface area contributed by atoms with Crippen LogP contribution in [-0.2, 0) is 9.53 Å². The van der Waals surface area contributed by atoms with E-state index < -0.39 is 5.82 Å². The molecule has 3 fully saturated rings. The van der Waals surface area contributed by atoms with E-state index in [1.165, 1.54) is 19.3 Å². The molecule has 2 heterocycles. The highest BCUT2D eigenvalue weighted by Gasteiger charge is 2.42. The molecule has 6 nitrogen and oxygen atoms in total. The van der Waals surface area contributed by atoms with E-state index in [-0.39, 0.29) is 18.1 Å². The first-order valence-electron chi connectivity index (χ1n) is 10.8. The summed E-state index contributed by atoms with van der Waals surface area (Å²) in [5.74, 6) is 1.76. The Hall–Kier alpha value is -1.76. The van der Waals surface area contributed by atoms with Crippen LogP contribution in [0, 0.1) is 23.6 Å².